The molecule has 1 aliphatic carbocycles. The Morgan fingerprint density at radius 1 is 0.929 bits per heavy atom. The molecule has 2 aliphatic heterocycles. The average Bonchev–Trinajstić information content (AvgIpc) is 3.01. The molecular formula is C35H38ClN3O3. The van der Waals surface area contributed by atoms with Crippen LogP contribution in [0.25, 0.3) is 6.08 Å². The Morgan fingerprint density at radius 2 is 1.64 bits per heavy atom. The Kier molecular flexibility index (Phi) is 8.25. The molecule has 2 heterocycles. The molecule has 3 aromatic carbocycles. The van der Waals surface area contributed by atoms with Crippen LogP contribution in [0.1, 0.15) is 58.3 Å². The number of halogens is 1. The maximum atomic E-state index is 13.6. The molecule has 218 valence electrons. The van der Waals surface area contributed by atoms with Gasteiger partial charge >= 0.3 is 0 Å². The molecule has 3 fully saturated rings. The van der Waals surface area contributed by atoms with Crippen LogP contribution in [-0.2, 0) is 16.1 Å². The number of carbonyl (C=O) groups excluding carboxylic acids is 2. The van der Waals surface area contributed by atoms with Crippen molar-refractivity contribution in [1.29, 1.82) is 0 Å². The lowest BCUT2D eigenvalue weighted by Crippen LogP contribution is -2.54. The van der Waals surface area contributed by atoms with E-state index in [2.05, 4.69) is 36.9 Å². The summed E-state index contributed by atoms with van der Waals surface area (Å²) in [6, 6.07) is 21.8. The summed E-state index contributed by atoms with van der Waals surface area (Å²) in [6.45, 7) is 7.78. The summed E-state index contributed by atoms with van der Waals surface area (Å²) in [7, 11) is 0. The summed E-state index contributed by atoms with van der Waals surface area (Å²) in [6.07, 6.45) is 5.91. The van der Waals surface area contributed by atoms with Gasteiger partial charge in [-0.15, -0.1) is 0 Å². The molecule has 2 atom stereocenters. The molecule has 3 aliphatic rings. The summed E-state index contributed by atoms with van der Waals surface area (Å²) in [5.41, 5.74) is 6.32. The first-order valence-electron chi connectivity index (χ1n) is 15.0. The predicted octanol–water partition coefficient (Wildman–Crippen LogP) is 6.63. The SMILES string of the molecule is Cc1ccc(C)c(N2CCN(C(=O)c3ccc(/C=C4\OC5CCCCC5N(Cc5ccc(Cl)cc5)C4=O)cc3)CC2)c1. The highest BCUT2D eigenvalue weighted by Gasteiger charge is 2.41. The zero-order chi connectivity index (χ0) is 29.2. The van der Waals surface area contributed by atoms with Crippen molar-refractivity contribution in [3.05, 3.63) is 105 Å². The fourth-order valence-electron chi connectivity index (χ4n) is 6.41. The van der Waals surface area contributed by atoms with Gasteiger partial charge in [-0.25, -0.2) is 0 Å². The molecule has 3 aromatic rings. The summed E-state index contributed by atoms with van der Waals surface area (Å²) >= 11 is 6.09. The molecule has 2 unspecified atom stereocenters. The molecule has 1 saturated carbocycles. The van der Waals surface area contributed by atoms with Gasteiger partial charge in [0.05, 0.1) is 6.04 Å². The number of amides is 2. The molecular weight excluding hydrogens is 546 g/mol. The van der Waals surface area contributed by atoms with Gasteiger partial charge in [-0.05, 0) is 91.8 Å². The van der Waals surface area contributed by atoms with E-state index in [0.29, 0.717) is 36.0 Å². The van der Waals surface area contributed by atoms with E-state index in [0.717, 1.165) is 49.9 Å². The largest absolute Gasteiger partial charge is 0.482 e. The van der Waals surface area contributed by atoms with Crippen molar-refractivity contribution >= 4 is 35.2 Å². The van der Waals surface area contributed by atoms with Gasteiger partial charge in [-0.2, -0.15) is 0 Å². The number of fused-ring (bicyclic) bond motifs is 1. The Morgan fingerprint density at radius 3 is 2.38 bits per heavy atom. The normalized spacial score (nSPS) is 21.7. The van der Waals surface area contributed by atoms with Gasteiger partial charge in [0.25, 0.3) is 11.8 Å². The second-order valence-corrected chi connectivity index (χ2v) is 12.2. The molecule has 0 bridgehead atoms. The lowest BCUT2D eigenvalue weighted by Gasteiger charge is -2.44. The van der Waals surface area contributed by atoms with Gasteiger partial charge in [-0.1, -0.05) is 54.4 Å². The number of ether oxygens (including phenoxy) is 1. The topological polar surface area (TPSA) is 53.1 Å². The van der Waals surface area contributed by atoms with E-state index in [4.69, 9.17) is 16.3 Å². The van der Waals surface area contributed by atoms with Crippen molar-refractivity contribution < 1.29 is 14.3 Å². The van der Waals surface area contributed by atoms with E-state index in [9.17, 15) is 9.59 Å². The highest BCUT2D eigenvalue weighted by molar-refractivity contribution is 6.30. The van der Waals surface area contributed by atoms with Crippen molar-refractivity contribution in [2.75, 3.05) is 31.1 Å². The number of morpholine rings is 1. The minimum absolute atomic E-state index is 0.00175. The summed E-state index contributed by atoms with van der Waals surface area (Å²) < 4.78 is 6.30. The van der Waals surface area contributed by atoms with E-state index in [-0.39, 0.29) is 24.0 Å². The molecule has 7 heteroatoms. The van der Waals surface area contributed by atoms with E-state index < -0.39 is 0 Å². The van der Waals surface area contributed by atoms with Crippen LogP contribution in [0.3, 0.4) is 0 Å². The van der Waals surface area contributed by atoms with E-state index in [1.807, 2.05) is 64.4 Å². The zero-order valence-corrected chi connectivity index (χ0v) is 25.1. The van der Waals surface area contributed by atoms with Crippen LogP contribution in [0.5, 0.6) is 0 Å². The number of hydrogen-bond acceptors (Lipinski definition) is 4. The fraction of sp³-hybridized carbons (Fsp3) is 0.371. The van der Waals surface area contributed by atoms with Crippen molar-refractivity contribution in [2.24, 2.45) is 0 Å². The number of carbonyl (C=O) groups is 2. The van der Waals surface area contributed by atoms with Gasteiger partial charge in [0.15, 0.2) is 5.76 Å². The number of anilines is 1. The van der Waals surface area contributed by atoms with Crippen LogP contribution in [-0.4, -0.2) is 59.9 Å². The lowest BCUT2D eigenvalue weighted by molar-refractivity contribution is -0.149. The van der Waals surface area contributed by atoms with Gasteiger partial charge in [0, 0.05) is 49.0 Å². The number of aryl methyl sites for hydroxylation is 2. The predicted molar refractivity (Wildman–Crippen MR) is 168 cm³/mol. The standard InChI is InChI=1S/C35H38ClN3O3/c1-24-7-8-25(2)31(21-24)37-17-19-38(20-18-37)34(40)28-13-9-26(10-14-28)22-33-35(41)39(23-27-11-15-29(36)16-12-27)30-5-3-4-6-32(30)42-33/h7-16,21-22,30,32H,3-6,17-20,23H2,1-2H3/b33-22-. The molecule has 42 heavy (non-hydrogen) atoms. The molecule has 2 amide bonds. The van der Waals surface area contributed by atoms with Crippen LogP contribution >= 0.6 is 11.6 Å². The van der Waals surface area contributed by atoms with Crippen molar-refractivity contribution in [2.45, 2.75) is 58.2 Å². The second kappa shape index (κ2) is 12.2. The highest BCUT2D eigenvalue weighted by Crippen LogP contribution is 2.34. The third-order valence-electron chi connectivity index (χ3n) is 8.81. The maximum absolute atomic E-state index is 13.6. The van der Waals surface area contributed by atoms with E-state index >= 15 is 0 Å². The monoisotopic (exact) mass is 583 g/mol. The second-order valence-electron chi connectivity index (χ2n) is 11.8. The zero-order valence-electron chi connectivity index (χ0n) is 24.4. The Hall–Kier alpha value is -3.77. The van der Waals surface area contributed by atoms with Crippen LogP contribution < -0.4 is 4.90 Å². The maximum Gasteiger partial charge on any atom is 0.289 e. The lowest BCUT2D eigenvalue weighted by atomic mass is 9.89. The number of piperazine rings is 1. The van der Waals surface area contributed by atoms with Crippen molar-refractivity contribution in [1.82, 2.24) is 9.80 Å². The minimum atomic E-state index is -0.0880. The average molecular weight is 584 g/mol. The quantitative estimate of drug-likeness (QED) is 0.316. The van der Waals surface area contributed by atoms with Crippen LogP contribution in [0.4, 0.5) is 5.69 Å². The number of nitrogens with zero attached hydrogens (tertiary/aromatic N) is 3. The number of rotatable bonds is 5. The Bertz CT molecular complexity index is 1480. The van der Waals surface area contributed by atoms with Crippen molar-refractivity contribution in [3.63, 3.8) is 0 Å². The Balaban J connectivity index is 1.13. The van der Waals surface area contributed by atoms with Gasteiger partial charge < -0.3 is 19.4 Å². The minimum Gasteiger partial charge on any atom is -0.482 e. The summed E-state index contributed by atoms with van der Waals surface area (Å²) in [5.74, 6) is 0.322. The Labute approximate surface area is 253 Å². The molecule has 0 N–H and O–H groups in total. The van der Waals surface area contributed by atoms with Gasteiger partial charge in [-0.3, -0.25) is 9.59 Å². The molecule has 0 radical (unpaired) electrons. The fourth-order valence-corrected chi connectivity index (χ4v) is 6.54. The van der Waals surface area contributed by atoms with Gasteiger partial charge in [0.1, 0.15) is 6.10 Å². The summed E-state index contributed by atoms with van der Waals surface area (Å²) in [5, 5.41) is 0.685. The smallest absolute Gasteiger partial charge is 0.289 e. The molecule has 0 spiro atoms. The molecule has 0 aromatic heterocycles. The van der Waals surface area contributed by atoms with Crippen LogP contribution in [0.15, 0.2) is 72.5 Å². The molecule has 6 rings (SSSR count). The number of hydrogen-bond donors (Lipinski definition) is 0. The van der Waals surface area contributed by atoms with Crippen molar-refractivity contribution in [3.8, 4) is 0 Å². The highest BCUT2D eigenvalue weighted by atomic mass is 35.5. The van der Waals surface area contributed by atoms with Crippen LogP contribution in [0.2, 0.25) is 5.02 Å². The third kappa shape index (κ3) is 6.05. The van der Waals surface area contributed by atoms with E-state index in [1.165, 1.54) is 16.8 Å². The molecule has 2 saturated heterocycles. The first-order chi connectivity index (χ1) is 20.4. The first-order valence-corrected chi connectivity index (χ1v) is 15.4. The summed E-state index contributed by atoms with van der Waals surface area (Å²) in [4.78, 5) is 33.2. The first kappa shape index (κ1) is 28.4. The molecule has 6 nitrogen and oxygen atoms in total. The number of benzene rings is 3. The van der Waals surface area contributed by atoms with E-state index in [1.54, 1.807) is 0 Å². The van der Waals surface area contributed by atoms with Gasteiger partial charge in [0.2, 0.25) is 0 Å². The van der Waals surface area contributed by atoms with Crippen LogP contribution in [0, 0.1) is 13.8 Å². The third-order valence-corrected chi connectivity index (χ3v) is 9.06.